The first-order valence-corrected chi connectivity index (χ1v) is 5.73. The quantitative estimate of drug-likeness (QED) is 0.254. The molecule has 0 heterocycles. The summed E-state index contributed by atoms with van der Waals surface area (Å²) in [6, 6.07) is 37.5. The van der Waals surface area contributed by atoms with Crippen molar-refractivity contribution < 1.29 is 22.4 Å². The Bertz CT molecular complexity index is 309. The molecule has 0 aliphatic rings. The molecule has 0 spiro atoms. The first-order valence-electron chi connectivity index (χ1n) is 5.73. The van der Waals surface area contributed by atoms with Gasteiger partial charge in [0.2, 0.25) is 0 Å². The molecule has 0 saturated carbocycles. The number of hydrogen-bond donors (Lipinski definition) is 0. The largest absolute Gasteiger partial charge is 3.00 e. The van der Waals surface area contributed by atoms with E-state index in [1.165, 1.54) is 0 Å². The zero-order valence-corrected chi connectivity index (χ0v) is 16.3. The van der Waals surface area contributed by atoms with Crippen molar-refractivity contribution in [1.82, 2.24) is 0 Å². The first-order chi connectivity index (χ1) is 9.00. The molecule has 0 nitrogen and oxygen atoms in total. The topological polar surface area (TPSA) is 0 Å². The first kappa shape index (κ1) is 29.3. The average Bonchev–Trinajstić information content (AvgIpc) is 2.54. The smallest absolute Gasteiger partial charge is 0.184 e. The minimum absolute atomic E-state index is 0. The van der Waals surface area contributed by atoms with Gasteiger partial charge in [-0.05, 0) is 0 Å². The molecule has 0 aliphatic heterocycles. The van der Waals surface area contributed by atoms with E-state index in [2.05, 4.69) is 18.2 Å². The van der Waals surface area contributed by atoms with Crippen LogP contribution in [0.4, 0.5) is 0 Å². The van der Waals surface area contributed by atoms with Crippen molar-refractivity contribution in [2.24, 2.45) is 0 Å². The summed E-state index contributed by atoms with van der Waals surface area (Å²) in [6.45, 7) is 0. The van der Waals surface area contributed by atoms with Crippen LogP contribution in [0, 0.1) is 18.2 Å². The molecule has 4 heteroatoms. The molecular formula is C18H18AuCl3. The van der Waals surface area contributed by atoms with E-state index in [0.717, 1.165) is 0 Å². The Kier molecular flexibility index (Phi) is 33.6. The monoisotopic (exact) mass is 536 g/mol. The third-order valence-electron chi connectivity index (χ3n) is 1.82. The van der Waals surface area contributed by atoms with E-state index in [1.54, 1.807) is 0 Å². The van der Waals surface area contributed by atoms with Crippen LogP contribution in [-0.2, 0) is 22.4 Å². The second-order valence-corrected chi connectivity index (χ2v) is 3.23. The maximum atomic E-state index is 2.89. The van der Waals surface area contributed by atoms with Crippen LogP contribution in [0.5, 0.6) is 0 Å². The van der Waals surface area contributed by atoms with E-state index in [1.807, 2.05) is 91.0 Å². The zero-order chi connectivity index (χ0) is 12.7. The molecule has 3 aromatic carbocycles. The van der Waals surface area contributed by atoms with Crippen molar-refractivity contribution in [2.45, 2.75) is 0 Å². The molecule has 0 fully saturated rings. The van der Waals surface area contributed by atoms with E-state index in [9.17, 15) is 0 Å². The molecule has 3 aromatic rings. The third-order valence-corrected chi connectivity index (χ3v) is 1.82. The standard InChI is InChI=1S/3C6H5.Au.3ClH/c3*1-2-4-6-5-3-1;;;;/h3*1-5H;;3*1H/q3*-1;+3;;;. The number of rotatable bonds is 0. The summed E-state index contributed by atoms with van der Waals surface area (Å²) < 4.78 is 0. The van der Waals surface area contributed by atoms with E-state index in [4.69, 9.17) is 0 Å². The van der Waals surface area contributed by atoms with Gasteiger partial charge in [-0.2, -0.15) is 109 Å². The van der Waals surface area contributed by atoms with Crippen LogP contribution in [0.2, 0.25) is 0 Å². The molecule has 0 radical (unpaired) electrons. The van der Waals surface area contributed by atoms with Gasteiger partial charge in [0.25, 0.3) is 0 Å². The van der Waals surface area contributed by atoms with Gasteiger partial charge >= 0.3 is 22.4 Å². The Labute approximate surface area is 168 Å². The molecule has 0 bridgehead atoms. The van der Waals surface area contributed by atoms with E-state index >= 15 is 0 Å². The summed E-state index contributed by atoms with van der Waals surface area (Å²) >= 11 is 0. The normalized spacial score (nSPS) is 6.55. The Morgan fingerprint density at radius 1 is 0.318 bits per heavy atom. The van der Waals surface area contributed by atoms with Gasteiger partial charge < -0.3 is 0 Å². The molecule has 0 aliphatic carbocycles. The van der Waals surface area contributed by atoms with Crippen LogP contribution in [0.3, 0.4) is 0 Å². The minimum atomic E-state index is 0. The summed E-state index contributed by atoms with van der Waals surface area (Å²) in [5.74, 6) is 0. The van der Waals surface area contributed by atoms with Crippen LogP contribution in [0.25, 0.3) is 0 Å². The SMILES string of the molecule is Cl.Cl.Cl.[Au+3].[c-]1ccccc1.[c-]1ccccc1.[c-]1ccccc1. The van der Waals surface area contributed by atoms with Crippen LogP contribution in [-0.4, -0.2) is 0 Å². The van der Waals surface area contributed by atoms with Crippen LogP contribution < -0.4 is 0 Å². The van der Waals surface area contributed by atoms with Crippen molar-refractivity contribution in [3.8, 4) is 0 Å². The summed E-state index contributed by atoms with van der Waals surface area (Å²) in [6.07, 6.45) is 0. The number of benzene rings is 3. The molecule has 122 valence electrons. The number of halogens is 3. The van der Waals surface area contributed by atoms with Gasteiger partial charge in [-0.15, -0.1) is 37.2 Å². The molecule has 3 rings (SSSR count). The second kappa shape index (κ2) is 25.2. The van der Waals surface area contributed by atoms with Crippen molar-refractivity contribution in [2.75, 3.05) is 0 Å². The summed E-state index contributed by atoms with van der Waals surface area (Å²) in [5.41, 5.74) is 0. The fourth-order valence-corrected chi connectivity index (χ4v) is 1.03. The minimum Gasteiger partial charge on any atom is -0.184 e. The maximum Gasteiger partial charge on any atom is 3.00 e. The third kappa shape index (κ3) is 21.6. The molecule has 0 amide bonds. The summed E-state index contributed by atoms with van der Waals surface area (Å²) in [5, 5.41) is 0. The van der Waals surface area contributed by atoms with Crippen molar-refractivity contribution in [1.29, 1.82) is 0 Å². The van der Waals surface area contributed by atoms with Gasteiger partial charge in [0, 0.05) is 0 Å². The Balaban J connectivity index is -0.000000101. The average molecular weight is 538 g/mol. The molecule has 0 unspecified atom stereocenters. The van der Waals surface area contributed by atoms with E-state index < -0.39 is 0 Å². The van der Waals surface area contributed by atoms with Gasteiger partial charge in [0.1, 0.15) is 0 Å². The van der Waals surface area contributed by atoms with Gasteiger partial charge in [-0.1, -0.05) is 0 Å². The van der Waals surface area contributed by atoms with E-state index in [-0.39, 0.29) is 59.6 Å². The van der Waals surface area contributed by atoms with Crippen LogP contribution in [0.15, 0.2) is 91.0 Å². The fourth-order valence-electron chi connectivity index (χ4n) is 1.03. The van der Waals surface area contributed by atoms with Crippen LogP contribution in [0.1, 0.15) is 0 Å². The van der Waals surface area contributed by atoms with Crippen molar-refractivity contribution >= 4 is 37.2 Å². The second-order valence-electron chi connectivity index (χ2n) is 3.23. The zero-order valence-electron chi connectivity index (χ0n) is 11.7. The summed E-state index contributed by atoms with van der Waals surface area (Å²) in [7, 11) is 0. The Morgan fingerprint density at radius 2 is 0.500 bits per heavy atom. The predicted octanol–water partition coefficient (Wildman–Crippen LogP) is 5.72. The fraction of sp³-hybridized carbons (Fsp3) is 0. The molecule has 22 heavy (non-hydrogen) atoms. The predicted molar refractivity (Wildman–Crippen MR) is 97.6 cm³/mol. The van der Waals surface area contributed by atoms with Crippen molar-refractivity contribution in [3.63, 3.8) is 0 Å². The van der Waals surface area contributed by atoms with Crippen LogP contribution >= 0.6 is 37.2 Å². The summed E-state index contributed by atoms with van der Waals surface area (Å²) in [4.78, 5) is 0. The Morgan fingerprint density at radius 3 is 0.545 bits per heavy atom. The van der Waals surface area contributed by atoms with E-state index in [0.29, 0.717) is 0 Å². The molecule has 0 saturated heterocycles. The van der Waals surface area contributed by atoms with Gasteiger partial charge in [-0.3, -0.25) is 0 Å². The van der Waals surface area contributed by atoms with Gasteiger partial charge in [0.05, 0.1) is 0 Å². The van der Waals surface area contributed by atoms with Crippen molar-refractivity contribution in [3.05, 3.63) is 109 Å². The number of hydrogen-bond acceptors (Lipinski definition) is 0. The van der Waals surface area contributed by atoms with Gasteiger partial charge in [0.15, 0.2) is 0 Å². The Hall–Kier alpha value is -0.730. The molecule has 0 N–H and O–H groups in total. The molecular weight excluding hydrogens is 520 g/mol. The molecule has 0 aromatic heterocycles. The molecule has 0 atom stereocenters. The van der Waals surface area contributed by atoms with Gasteiger partial charge in [-0.25, -0.2) is 0 Å². The maximum absolute atomic E-state index is 2.89.